The molecule has 0 fully saturated rings. The average Bonchev–Trinajstić information content (AvgIpc) is 2.66. The van der Waals surface area contributed by atoms with E-state index in [0.717, 1.165) is 11.1 Å². The number of rotatable bonds is 5. The molecule has 0 saturated heterocycles. The summed E-state index contributed by atoms with van der Waals surface area (Å²) in [4.78, 5) is 20.5. The van der Waals surface area contributed by atoms with Crippen LogP contribution in [0.15, 0.2) is 60.8 Å². The number of carbonyl (C=O) groups excluding carboxylic acids is 1. The standard InChI is InChI=1S/C19H17ClN4O2/c20-15-3-1-2-14(10-15)17(11-25)23-18(26)13-6-4-12(5-7-13)16-8-9-22-19(21)24-16/h1-10,17,25H,11H2,(H,23,26)(H2,21,22,24)/t17-/m1/s1. The van der Waals surface area contributed by atoms with Gasteiger partial charge in [0.05, 0.1) is 18.3 Å². The van der Waals surface area contributed by atoms with Gasteiger partial charge in [-0.25, -0.2) is 9.97 Å². The van der Waals surface area contributed by atoms with Crippen molar-refractivity contribution in [3.05, 3.63) is 76.9 Å². The van der Waals surface area contributed by atoms with E-state index in [1.807, 2.05) is 0 Å². The van der Waals surface area contributed by atoms with Gasteiger partial charge >= 0.3 is 0 Å². The first-order valence-electron chi connectivity index (χ1n) is 7.93. The van der Waals surface area contributed by atoms with E-state index in [2.05, 4.69) is 15.3 Å². The van der Waals surface area contributed by atoms with Gasteiger partial charge in [0.1, 0.15) is 0 Å². The normalized spacial score (nSPS) is 11.8. The number of nitrogen functional groups attached to an aromatic ring is 1. The third kappa shape index (κ3) is 4.17. The first-order valence-corrected chi connectivity index (χ1v) is 8.31. The molecule has 0 unspecified atom stereocenters. The maximum absolute atomic E-state index is 12.5. The van der Waals surface area contributed by atoms with Crippen LogP contribution in [0, 0.1) is 0 Å². The topological polar surface area (TPSA) is 101 Å². The van der Waals surface area contributed by atoms with Gasteiger partial charge in [0.25, 0.3) is 5.91 Å². The number of nitrogens with one attached hydrogen (secondary N) is 1. The van der Waals surface area contributed by atoms with E-state index in [4.69, 9.17) is 17.3 Å². The van der Waals surface area contributed by atoms with Crippen LogP contribution < -0.4 is 11.1 Å². The molecule has 1 amide bonds. The number of carbonyl (C=O) groups is 1. The van der Waals surface area contributed by atoms with Crippen molar-refractivity contribution < 1.29 is 9.90 Å². The smallest absolute Gasteiger partial charge is 0.251 e. The lowest BCUT2D eigenvalue weighted by Gasteiger charge is -2.17. The quantitative estimate of drug-likeness (QED) is 0.642. The fourth-order valence-electron chi connectivity index (χ4n) is 2.53. The molecule has 1 heterocycles. The van der Waals surface area contributed by atoms with E-state index >= 15 is 0 Å². The van der Waals surface area contributed by atoms with Crippen molar-refractivity contribution in [2.45, 2.75) is 6.04 Å². The summed E-state index contributed by atoms with van der Waals surface area (Å²) in [7, 11) is 0. The molecular formula is C19H17ClN4O2. The summed E-state index contributed by atoms with van der Waals surface area (Å²) in [5.41, 5.74) is 8.30. The number of aromatic nitrogens is 2. The zero-order chi connectivity index (χ0) is 18.5. The van der Waals surface area contributed by atoms with Crippen LogP contribution in [0.3, 0.4) is 0 Å². The van der Waals surface area contributed by atoms with Crippen LogP contribution in [0.2, 0.25) is 5.02 Å². The zero-order valence-corrected chi connectivity index (χ0v) is 14.5. The molecule has 0 aliphatic heterocycles. The SMILES string of the molecule is Nc1nccc(-c2ccc(C(=O)N[C@H](CO)c3cccc(Cl)c3)cc2)n1. The summed E-state index contributed by atoms with van der Waals surface area (Å²) in [5, 5.41) is 12.9. The third-order valence-electron chi connectivity index (χ3n) is 3.86. The molecule has 0 radical (unpaired) electrons. The Hall–Kier alpha value is -2.96. The van der Waals surface area contributed by atoms with Gasteiger partial charge in [-0.1, -0.05) is 35.9 Å². The fourth-order valence-corrected chi connectivity index (χ4v) is 2.72. The number of aliphatic hydroxyl groups is 1. The lowest BCUT2D eigenvalue weighted by molar-refractivity contribution is 0.0916. The molecular weight excluding hydrogens is 352 g/mol. The summed E-state index contributed by atoms with van der Waals surface area (Å²) in [6.07, 6.45) is 1.58. The van der Waals surface area contributed by atoms with E-state index in [0.29, 0.717) is 16.3 Å². The maximum atomic E-state index is 12.5. The van der Waals surface area contributed by atoms with E-state index in [1.165, 1.54) is 0 Å². The second kappa shape index (κ2) is 7.95. The molecule has 26 heavy (non-hydrogen) atoms. The minimum atomic E-state index is -0.539. The van der Waals surface area contributed by atoms with E-state index < -0.39 is 6.04 Å². The van der Waals surface area contributed by atoms with Crippen molar-refractivity contribution in [1.82, 2.24) is 15.3 Å². The molecule has 0 bridgehead atoms. The van der Waals surface area contributed by atoms with E-state index in [1.54, 1.807) is 60.8 Å². The molecule has 0 saturated carbocycles. The highest BCUT2D eigenvalue weighted by Gasteiger charge is 2.15. The highest BCUT2D eigenvalue weighted by Crippen LogP contribution is 2.20. The van der Waals surface area contributed by atoms with Crippen molar-refractivity contribution in [2.24, 2.45) is 0 Å². The predicted molar refractivity (Wildman–Crippen MR) is 101 cm³/mol. The Morgan fingerprint density at radius 3 is 2.62 bits per heavy atom. The monoisotopic (exact) mass is 368 g/mol. The van der Waals surface area contributed by atoms with Crippen LogP contribution >= 0.6 is 11.6 Å². The molecule has 3 aromatic rings. The van der Waals surface area contributed by atoms with Gasteiger partial charge in [0.15, 0.2) is 0 Å². The zero-order valence-electron chi connectivity index (χ0n) is 13.8. The first kappa shape index (κ1) is 17.8. The summed E-state index contributed by atoms with van der Waals surface area (Å²) < 4.78 is 0. The molecule has 132 valence electrons. The number of anilines is 1. The molecule has 0 spiro atoms. The van der Waals surface area contributed by atoms with Crippen LogP contribution in [-0.4, -0.2) is 27.6 Å². The molecule has 0 aliphatic carbocycles. The van der Waals surface area contributed by atoms with E-state index in [-0.39, 0.29) is 18.5 Å². The number of aliphatic hydroxyl groups excluding tert-OH is 1. The molecule has 2 aromatic carbocycles. The number of benzene rings is 2. The minimum absolute atomic E-state index is 0.191. The van der Waals surface area contributed by atoms with E-state index in [9.17, 15) is 9.90 Å². The summed E-state index contributed by atoms with van der Waals surface area (Å²) in [6.45, 7) is -0.232. The van der Waals surface area contributed by atoms with Crippen molar-refractivity contribution in [3.63, 3.8) is 0 Å². The Morgan fingerprint density at radius 1 is 1.19 bits per heavy atom. The van der Waals surface area contributed by atoms with Crippen molar-refractivity contribution in [1.29, 1.82) is 0 Å². The number of hydrogen-bond donors (Lipinski definition) is 3. The van der Waals surface area contributed by atoms with Gasteiger partial charge in [0, 0.05) is 22.3 Å². The van der Waals surface area contributed by atoms with Crippen LogP contribution in [0.5, 0.6) is 0 Å². The summed E-state index contributed by atoms with van der Waals surface area (Å²) in [5.74, 6) is -0.102. The Morgan fingerprint density at radius 2 is 1.96 bits per heavy atom. The second-order valence-corrected chi connectivity index (χ2v) is 6.08. The predicted octanol–water partition coefficient (Wildman–Crippen LogP) is 2.84. The summed E-state index contributed by atoms with van der Waals surface area (Å²) in [6, 6.07) is 15.2. The van der Waals surface area contributed by atoms with Crippen molar-refractivity contribution in [2.75, 3.05) is 12.3 Å². The lowest BCUT2D eigenvalue weighted by atomic mass is 10.1. The average molecular weight is 369 g/mol. The molecule has 1 atom stereocenters. The Labute approximate surface area is 155 Å². The van der Waals surface area contributed by atoms with Gasteiger partial charge in [-0.2, -0.15) is 0 Å². The number of amides is 1. The van der Waals surface area contributed by atoms with Crippen molar-refractivity contribution >= 4 is 23.5 Å². The largest absolute Gasteiger partial charge is 0.394 e. The van der Waals surface area contributed by atoms with Crippen molar-refractivity contribution in [3.8, 4) is 11.3 Å². The van der Waals surface area contributed by atoms with Crippen LogP contribution in [0.1, 0.15) is 22.0 Å². The number of nitrogens with zero attached hydrogens (tertiary/aromatic N) is 2. The number of nitrogens with two attached hydrogens (primary N) is 1. The van der Waals surface area contributed by atoms with Crippen LogP contribution in [-0.2, 0) is 0 Å². The molecule has 7 heteroatoms. The minimum Gasteiger partial charge on any atom is -0.394 e. The lowest BCUT2D eigenvalue weighted by Crippen LogP contribution is -2.30. The van der Waals surface area contributed by atoms with Gasteiger partial charge in [-0.15, -0.1) is 0 Å². The van der Waals surface area contributed by atoms with Crippen LogP contribution in [0.25, 0.3) is 11.3 Å². The molecule has 6 nitrogen and oxygen atoms in total. The second-order valence-electron chi connectivity index (χ2n) is 5.64. The Bertz CT molecular complexity index is 915. The van der Waals surface area contributed by atoms with Gasteiger partial charge in [-0.3, -0.25) is 4.79 Å². The molecule has 3 rings (SSSR count). The molecule has 0 aliphatic rings. The van der Waals surface area contributed by atoms with Gasteiger partial charge < -0.3 is 16.2 Å². The highest BCUT2D eigenvalue weighted by atomic mass is 35.5. The number of halogens is 1. The first-order chi connectivity index (χ1) is 12.6. The van der Waals surface area contributed by atoms with Crippen LogP contribution in [0.4, 0.5) is 5.95 Å². The van der Waals surface area contributed by atoms with Gasteiger partial charge in [-0.05, 0) is 35.9 Å². The molecule has 1 aromatic heterocycles. The highest BCUT2D eigenvalue weighted by molar-refractivity contribution is 6.30. The fraction of sp³-hybridized carbons (Fsp3) is 0.105. The maximum Gasteiger partial charge on any atom is 0.251 e. The molecule has 4 N–H and O–H groups in total. The number of hydrogen-bond acceptors (Lipinski definition) is 5. The third-order valence-corrected chi connectivity index (χ3v) is 4.09. The van der Waals surface area contributed by atoms with Gasteiger partial charge in [0.2, 0.25) is 5.95 Å². The summed E-state index contributed by atoms with van der Waals surface area (Å²) >= 11 is 5.97. The Balaban J connectivity index is 1.75. The Kier molecular flexibility index (Phi) is 5.46.